The van der Waals surface area contributed by atoms with Gasteiger partial charge < -0.3 is 0 Å². The van der Waals surface area contributed by atoms with Gasteiger partial charge in [0, 0.05) is 12.0 Å². The fourth-order valence-corrected chi connectivity index (χ4v) is 1.50. The van der Waals surface area contributed by atoms with Gasteiger partial charge in [0.05, 0.1) is 11.1 Å². The third-order valence-corrected chi connectivity index (χ3v) is 2.28. The van der Waals surface area contributed by atoms with Gasteiger partial charge in [-0.15, -0.1) is 0 Å². The first-order valence-electron chi connectivity index (χ1n) is 4.89. The summed E-state index contributed by atoms with van der Waals surface area (Å²) < 4.78 is 75.6. The van der Waals surface area contributed by atoms with E-state index < -0.39 is 41.2 Å². The Morgan fingerprint density at radius 1 is 1.00 bits per heavy atom. The molecule has 7 heteroatoms. The van der Waals surface area contributed by atoms with Crippen molar-refractivity contribution in [2.45, 2.75) is 25.7 Å². The van der Waals surface area contributed by atoms with Gasteiger partial charge in [0.15, 0.2) is 5.78 Å². The molecule has 1 aromatic rings. The van der Waals surface area contributed by atoms with E-state index in [2.05, 4.69) is 0 Å². The molecule has 1 rings (SSSR count). The van der Waals surface area contributed by atoms with Gasteiger partial charge in [-0.3, -0.25) is 4.79 Å². The molecule has 0 atom stereocenters. The second-order valence-electron chi connectivity index (χ2n) is 3.50. The highest BCUT2D eigenvalue weighted by molar-refractivity contribution is 5.99. The molecule has 0 fully saturated rings. The fourth-order valence-electron chi connectivity index (χ4n) is 1.50. The number of alkyl halides is 6. The minimum Gasteiger partial charge on any atom is -0.294 e. The van der Waals surface area contributed by atoms with Crippen LogP contribution in [0.1, 0.15) is 34.8 Å². The summed E-state index contributed by atoms with van der Waals surface area (Å²) in [5.41, 5.74) is -4.41. The first-order valence-corrected chi connectivity index (χ1v) is 4.89. The van der Waals surface area contributed by atoms with Crippen LogP contribution in [0.25, 0.3) is 0 Å². The minimum absolute atomic E-state index is 0.434. The number of hydrogen-bond donors (Lipinski definition) is 0. The summed E-state index contributed by atoms with van der Waals surface area (Å²) in [5.74, 6) is -1.18. The quantitative estimate of drug-likeness (QED) is 0.578. The summed E-state index contributed by atoms with van der Waals surface area (Å²) >= 11 is 0. The van der Waals surface area contributed by atoms with Crippen LogP contribution in [0.4, 0.5) is 26.3 Å². The number of rotatable bonds is 2. The van der Waals surface area contributed by atoms with Gasteiger partial charge >= 0.3 is 12.4 Å². The summed E-state index contributed by atoms with van der Waals surface area (Å²) in [4.78, 5) is 11.3. The van der Waals surface area contributed by atoms with Crippen molar-refractivity contribution in [3.63, 3.8) is 0 Å². The van der Waals surface area contributed by atoms with Gasteiger partial charge in [0.25, 0.3) is 0 Å². The molecule has 0 unspecified atom stereocenters. The van der Waals surface area contributed by atoms with Gasteiger partial charge in [-0.1, -0.05) is 13.0 Å². The second-order valence-corrected chi connectivity index (χ2v) is 3.50. The van der Waals surface area contributed by atoms with Crippen molar-refractivity contribution in [1.29, 1.82) is 0 Å². The van der Waals surface area contributed by atoms with Gasteiger partial charge in [-0.05, 0) is 12.1 Å². The Hall–Kier alpha value is -1.53. The predicted octanol–water partition coefficient (Wildman–Crippen LogP) is 4.32. The zero-order valence-corrected chi connectivity index (χ0v) is 9.12. The van der Waals surface area contributed by atoms with E-state index >= 15 is 0 Å². The smallest absolute Gasteiger partial charge is 0.294 e. The van der Waals surface area contributed by atoms with Crippen LogP contribution in [0.15, 0.2) is 18.2 Å². The Kier molecular flexibility index (Phi) is 3.73. The number of Topliss-reactive ketones (excluding diaryl/α,β-unsaturated/α-hetero) is 1. The summed E-state index contributed by atoms with van der Waals surface area (Å²) in [6, 6.07) is 1.58. The van der Waals surface area contributed by atoms with Gasteiger partial charge in [-0.2, -0.15) is 26.3 Å². The Morgan fingerprint density at radius 2 is 1.39 bits per heavy atom. The lowest BCUT2D eigenvalue weighted by atomic mass is 9.95. The van der Waals surface area contributed by atoms with Crippen LogP contribution in [0.2, 0.25) is 0 Å². The van der Waals surface area contributed by atoms with Crippen molar-refractivity contribution in [1.82, 2.24) is 0 Å². The van der Waals surface area contributed by atoms with Crippen LogP contribution in [0, 0.1) is 0 Å². The number of hydrogen-bond acceptors (Lipinski definition) is 1. The summed E-state index contributed by atoms with van der Waals surface area (Å²) in [6.07, 6.45) is -10.4. The number of ketones is 1. The Bertz CT molecular complexity index is 425. The van der Waals surface area contributed by atoms with Crippen molar-refractivity contribution < 1.29 is 31.1 Å². The average Bonchev–Trinajstić information content (AvgIpc) is 2.24. The maximum atomic E-state index is 12.6. The van der Waals surface area contributed by atoms with E-state index in [0.717, 1.165) is 0 Å². The van der Waals surface area contributed by atoms with Crippen LogP contribution in [0.5, 0.6) is 0 Å². The molecule has 100 valence electrons. The zero-order valence-electron chi connectivity index (χ0n) is 9.12. The first kappa shape index (κ1) is 14.5. The molecule has 0 saturated carbocycles. The molecule has 1 nitrogen and oxygen atoms in total. The van der Waals surface area contributed by atoms with Crippen LogP contribution >= 0.6 is 0 Å². The van der Waals surface area contributed by atoms with Gasteiger partial charge in [-0.25, -0.2) is 0 Å². The number of carbonyl (C=O) groups is 1. The molecule has 1 aromatic carbocycles. The van der Waals surface area contributed by atoms with Crippen molar-refractivity contribution in [2.24, 2.45) is 0 Å². The molecule has 0 aromatic heterocycles. The minimum atomic E-state index is -5.00. The maximum Gasteiger partial charge on any atom is 0.417 e. The molecule has 0 radical (unpaired) electrons. The van der Waals surface area contributed by atoms with Gasteiger partial charge in [0.1, 0.15) is 0 Å². The first-order chi connectivity index (χ1) is 8.09. The third kappa shape index (κ3) is 2.83. The molecular weight excluding hydrogens is 262 g/mol. The van der Waals surface area contributed by atoms with Crippen molar-refractivity contribution in [3.8, 4) is 0 Å². The molecule has 18 heavy (non-hydrogen) atoms. The molecule has 0 aliphatic carbocycles. The van der Waals surface area contributed by atoms with Crippen molar-refractivity contribution >= 4 is 5.78 Å². The van der Waals surface area contributed by atoms with Gasteiger partial charge in [0.2, 0.25) is 0 Å². The molecule has 0 aliphatic rings. The SMILES string of the molecule is CCC(=O)c1c(C(F)(F)F)cccc1C(F)(F)F. The lowest BCUT2D eigenvalue weighted by Crippen LogP contribution is -2.19. The summed E-state index contributed by atoms with van der Waals surface area (Å²) in [5, 5.41) is 0. The standard InChI is InChI=1S/C11H8F6O/c1-2-8(18)9-6(10(12,13)14)4-3-5-7(9)11(15,16)17/h3-5H,2H2,1H3. The molecule has 0 heterocycles. The zero-order chi connectivity index (χ0) is 14.1. The molecule has 0 saturated heterocycles. The molecule has 0 aliphatic heterocycles. The van der Waals surface area contributed by atoms with E-state index in [9.17, 15) is 31.1 Å². The Balaban J connectivity index is 3.61. The highest BCUT2D eigenvalue weighted by atomic mass is 19.4. The second kappa shape index (κ2) is 4.62. The maximum absolute atomic E-state index is 12.6. The predicted molar refractivity (Wildman–Crippen MR) is 51.1 cm³/mol. The lowest BCUT2D eigenvalue weighted by molar-refractivity contribution is -0.143. The number of benzene rings is 1. The highest BCUT2D eigenvalue weighted by Gasteiger charge is 2.42. The third-order valence-electron chi connectivity index (χ3n) is 2.28. The lowest BCUT2D eigenvalue weighted by Gasteiger charge is -2.17. The van der Waals surface area contributed by atoms with Crippen LogP contribution in [0.3, 0.4) is 0 Å². The fraction of sp³-hybridized carbons (Fsp3) is 0.364. The van der Waals surface area contributed by atoms with Crippen LogP contribution in [-0.2, 0) is 12.4 Å². The Morgan fingerprint density at radius 3 is 1.67 bits per heavy atom. The average molecular weight is 270 g/mol. The van der Waals surface area contributed by atoms with Crippen LogP contribution < -0.4 is 0 Å². The highest BCUT2D eigenvalue weighted by Crippen LogP contribution is 2.39. The van der Waals surface area contributed by atoms with Crippen molar-refractivity contribution in [3.05, 3.63) is 34.9 Å². The van der Waals surface area contributed by atoms with E-state index in [4.69, 9.17) is 0 Å². The van der Waals surface area contributed by atoms with E-state index in [1.165, 1.54) is 6.92 Å². The largest absolute Gasteiger partial charge is 0.417 e. The molecule has 0 N–H and O–H groups in total. The number of carbonyl (C=O) groups excluding carboxylic acids is 1. The summed E-state index contributed by atoms with van der Waals surface area (Å²) in [7, 11) is 0. The van der Waals surface area contributed by atoms with E-state index in [-0.39, 0.29) is 0 Å². The van der Waals surface area contributed by atoms with Crippen molar-refractivity contribution in [2.75, 3.05) is 0 Å². The monoisotopic (exact) mass is 270 g/mol. The topological polar surface area (TPSA) is 17.1 Å². The normalized spacial score (nSPS) is 12.6. The number of halogens is 6. The molecule has 0 bridgehead atoms. The molecule has 0 amide bonds. The van der Waals surface area contributed by atoms with E-state index in [1.807, 2.05) is 0 Å². The van der Waals surface area contributed by atoms with Crippen LogP contribution in [-0.4, -0.2) is 5.78 Å². The summed E-state index contributed by atoms with van der Waals surface area (Å²) in [6.45, 7) is 1.20. The van der Waals surface area contributed by atoms with E-state index in [0.29, 0.717) is 18.2 Å². The Labute approximate surface area is 98.4 Å². The molecule has 0 spiro atoms. The molecular formula is C11H8F6O. The van der Waals surface area contributed by atoms with E-state index in [1.54, 1.807) is 0 Å².